The summed E-state index contributed by atoms with van der Waals surface area (Å²) in [6.07, 6.45) is 0. The normalized spacial score (nSPS) is 10.4. The molecule has 2 aromatic carbocycles. The van der Waals surface area contributed by atoms with Crippen molar-refractivity contribution in [2.75, 3.05) is 11.1 Å². The lowest BCUT2D eigenvalue weighted by Crippen LogP contribution is -2.15. The van der Waals surface area contributed by atoms with Crippen molar-refractivity contribution in [3.63, 3.8) is 0 Å². The Labute approximate surface area is 122 Å². The summed E-state index contributed by atoms with van der Waals surface area (Å²) in [6.45, 7) is 1.76. The van der Waals surface area contributed by atoms with E-state index < -0.39 is 17.5 Å². The first-order valence-corrected chi connectivity index (χ1v) is 6.50. The first-order valence-electron chi connectivity index (χ1n) is 5.70. The average Bonchev–Trinajstić information content (AvgIpc) is 2.38. The highest BCUT2D eigenvalue weighted by Crippen LogP contribution is 2.23. The largest absolute Gasteiger partial charge is 0.396 e. The van der Waals surface area contributed by atoms with E-state index in [9.17, 15) is 13.6 Å². The van der Waals surface area contributed by atoms with Crippen LogP contribution in [0.5, 0.6) is 0 Å². The van der Waals surface area contributed by atoms with Crippen LogP contribution in [0, 0.1) is 18.6 Å². The van der Waals surface area contributed by atoms with Gasteiger partial charge in [0.25, 0.3) is 5.91 Å². The van der Waals surface area contributed by atoms with Crippen LogP contribution >= 0.6 is 15.9 Å². The number of halogens is 3. The number of carbonyl (C=O) groups is 1. The summed E-state index contributed by atoms with van der Waals surface area (Å²) in [5, 5.41) is 2.38. The fourth-order valence-corrected chi connectivity index (χ4v) is 2.05. The first-order chi connectivity index (χ1) is 9.38. The molecule has 20 heavy (non-hydrogen) atoms. The highest BCUT2D eigenvalue weighted by molar-refractivity contribution is 9.10. The van der Waals surface area contributed by atoms with Crippen molar-refractivity contribution in [3.05, 3.63) is 57.6 Å². The van der Waals surface area contributed by atoms with Crippen molar-refractivity contribution in [3.8, 4) is 0 Å². The lowest BCUT2D eigenvalue weighted by Gasteiger charge is -2.10. The highest BCUT2D eigenvalue weighted by Gasteiger charge is 2.14. The average molecular weight is 341 g/mol. The lowest BCUT2D eigenvalue weighted by molar-refractivity contribution is 0.102. The molecule has 0 aliphatic rings. The third kappa shape index (κ3) is 2.96. The topological polar surface area (TPSA) is 55.1 Å². The van der Waals surface area contributed by atoms with Gasteiger partial charge < -0.3 is 11.1 Å². The molecule has 2 aromatic rings. The molecule has 6 heteroatoms. The Hall–Kier alpha value is -1.95. The maximum absolute atomic E-state index is 13.6. The number of nitrogens with two attached hydrogens (primary N) is 1. The van der Waals surface area contributed by atoms with Gasteiger partial charge in [-0.3, -0.25) is 4.79 Å². The summed E-state index contributed by atoms with van der Waals surface area (Å²) < 4.78 is 27.3. The van der Waals surface area contributed by atoms with Crippen LogP contribution in [-0.2, 0) is 0 Å². The molecule has 0 aliphatic heterocycles. The van der Waals surface area contributed by atoms with Gasteiger partial charge in [-0.15, -0.1) is 0 Å². The van der Waals surface area contributed by atoms with Gasteiger partial charge in [0, 0.05) is 16.1 Å². The summed E-state index contributed by atoms with van der Waals surface area (Å²) in [7, 11) is 0. The third-order valence-electron chi connectivity index (χ3n) is 2.78. The monoisotopic (exact) mass is 340 g/mol. The molecule has 0 aliphatic carbocycles. The van der Waals surface area contributed by atoms with Crippen molar-refractivity contribution < 1.29 is 13.6 Å². The Balaban J connectivity index is 2.32. The summed E-state index contributed by atoms with van der Waals surface area (Å²) in [5.41, 5.74) is 6.10. The predicted octanol–water partition coefficient (Wildman–Crippen LogP) is 3.87. The fourth-order valence-electron chi connectivity index (χ4n) is 1.69. The summed E-state index contributed by atoms with van der Waals surface area (Å²) >= 11 is 3.26. The van der Waals surface area contributed by atoms with Crippen molar-refractivity contribution in [1.29, 1.82) is 0 Å². The van der Waals surface area contributed by atoms with Gasteiger partial charge in [0.15, 0.2) is 0 Å². The van der Waals surface area contributed by atoms with Gasteiger partial charge >= 0.3 is 0 Å². The second-order valence-corrected chi connectivity index (χ2v) is 5.18. The number of nitrogens with one attached hydrogen (secondary N) is 1. The van der Waals surface area contributed by atoms with Gasteiger partial charge in [-0.2, -0.15) is 0 Å². The van der Waals surface area contributed by atoms with Gasteiger partial charge in [0.05, 0.1) is 11.4 Å². The number of nitrogen functional groups attached to an aromatic ring is 1. The van der Waals surface area contributed by atoms with Crippen molar-refractivity contribution >= 4 is 33.2 Å². The minimum absolute atomic E-state index is 0.159. The molecule has 0 saturated heterocycles. The second-order valence-electron chi connectivity index (χ2n) is 4.27. The molecular weight excluding hydrogens is 330 g/mol. The molecule has 3 N–H and O–H groups in total. The maximum atomic E-state index is 13.6. The molecule has 0 aromatic heterocycles. The molecule has 0 heterocycles. The Morgan fingerprint density at radius 2 is 1.90 bits per heavy atom. The zero-order valence-corrected chi connectivity index (χ0v) is 12.1. The maximum Gasteiger partial charge on any atom is 0.256 e. The number of carbonyl (C=O) groups excluding carboxylic acids is 1. The number of anilines is 2. The molecule has 0 atom stereocenters. The first kappa shape index (κ1) is 14.5. The van der Waals surface area contributed by atoms with Crippen molar-refractivity contribution in [2.45, 2.75) is 6.92 Å². The molecule has 104 valence electrons. The fraction of sp³-hybridized carbons (Fsp3) is 0.0714. The molecule has 0 bridgehead atoms. The molecule has 0 saturated carbocycles. The molecule has 0 spiro atoms. The number of amides is 1. The number of aryl methyl sites for hydroxylation is 1. The van der Waals surface area contributed by atoms with Crippen LogP contribution in [-0.4, -0.2) is 5.91 Å². The minimum atomic E-state index is -0.877. The van der Waals surface area contributed by atoms with E-state index in [4.69, 9.17) is 5.73 Å². The Bertz CT molecular complexity index is 689. The number of rotatable bonds is 2. The van der Waals surface area contributed by atoms with Gasteiger partial charge in [0.2, 0.25) is 0 Å². The van der Waals surface area contributed by atoms with Crippen LogP contribution in [0.2, 0.25) is 0 Å². The Kier molecular flexibility index (Phi) is 4.04. The quantitative estimate of drug-likeness (QED) is 0.815. The van der Waals surface area contributed by atoms with Crippen LogP contribution in [0.15, 0.2) is 34.8 Å². The number of benzene rings is 2. The van der Waals surface area contributed by atoms with E-state index >= 15 is 0 Å². The predicted molar refractivity (Wildman–Crippen MR) is 77.6 cm³/mol. The van der Waals surface area contributed by atoms with E-state index in [1.165, 1.54) is 0 Å². The van der Waals surface area contributed by atoms with Crippen LogP contribution in [0.1, 0.15) is 15.9 Å². The molecule has 1 amide bonds. The standard InChI is InChI=1S/C14H11BrF2N2O/c1-7-2-3-8(15)4-9(7)14(20)19-13-6-12(18)10(16)5-11(13)17/h2-6H,18H2,1H3,(H,19,20). The van der Waals surface area contributed by atoms with Crippen LogP contribution < -0.4 is 11.1 Å². The molecule has 0 unspecified atom stereocenters. The Morgan fingerprint density at radius 1 is 1.20 bits per heavy atom. The van der Waals surface area contributed by atoms with Crippen LogP contribution in [0.25, 0.3) is 0 Å². The lowest BCUT2D eigenvalue weighted by atomic mass is 10.1. The SMILES string of the molecule is Cc1ccc(Br)cc1C(=O)Nc1cc(N)c(F)cc1F. The van der Waals surface area contributed by atoms with Crippen LogP contribution in [0.3, 0.4) is 0 Å². The van der Waals surface area contributed by atoms with E-state index in [0.29, 0.717) is 11.6 Å². The van der Waals surface area contributed by atoms with Gasteiger partial charge in [0.1, 0.15) is 11.6 Å². The van der Waals surface area contributed by atoms with Crippen molar-refractivity contribution in [2.24, 2.45) is 0 Å². The smallest absolute Gasteiger partial charge is 0.256 e. The summed E-state index contributed by atoms with van der Waals surface area (Å²) in [5.74, 6) is -2.23. The number of hydrogen-bond donors (Lipinski definition) is 2. The molecule has 0 radical (unpaired) electrons. The molecule has 2 rings (SSSR count). The molecule has 3 nitrogen and oxygen atoms in total. The van der Waals surface area contributed by atoms with Gasteiger partial charge in [-0.25, -0.2) is 8.78 Å². The number of hydrogen-bond acceptors (Lipinski definition) is 2. The third-order valence-corrected chi connectivity index (χ3v) is 3.27. The summed E-state index contributed by atoms with van der Waals surface area (Å²) in [4.78, 5) is 12.1. The van der Waals surface area contributed by atoms with Crippen molar-refractivity contribution in [1.82, 2.24) is 0 Å². The van der Waals surface area contributed by atoms with E-state index in [-0.39, 0.29) is 11.4 Å². The van der Waals surface area contributed by atoms with E-state index in [0.717, 1.165) is 16.1 Å². The molecular formula is C14H11BrF2N2O. The van der Waals surface area contributed by atoms with Gasteiger partial charge in [-0.1, -0.05) is 22.0 Å². The zero-order valence-electron chi connectivity index (χ0n) is 10.5. The van der Waals surface area contributed by atoms with E-state index in [1.807, 2.05) is 0 Å². The summed E-state index contributed by atoms with van der Waals surface area (Å²) in [6, 6.07) is 6.86. The second kappa shape index (κ2) is 5.58. The van der Waals surface area contributed by atoms with E-state index in [2.05, 4.69) is 21.2 Å². The Morgan fingerprint density at radius 3 is 2.60 bits per heavy atom. The van der Waals surface area contributed by atoms with E-state index in [1.54, 1.807) is 25.1 Å². The van der Waals surface area contributed by atoms with Gasteiger partial charge in [-0.05, 0) is 30.7 Å². The molecule has 0 fully saturated rings. The highest BCUT2D eigenvalue weighted by atomic mass is 79.9. The zero-order chi connectivity index (χ0) is 14.9. The minimum Gasteiger partial charge on any atom is -0.396 e. The van der Waals surface area contributed by atoms with Crippen LogP contribution in [0.4, 0.5) is 20.2 Å².